The van der Waals surface area contributed by atoms with Crippen molar-refractivity contribution < 1.29 is 40.6 Å². The topological polar surface area (TPSA) is 73.6 Å². The largest absolute Gasteiger partial charge is 0.573 e. The summed E-state index contributed by atoms with van der Waals surface area (Å²) in [5.74, 6) is -2.05. The zero-order chi connectivity index (χ0) is 24.9. The molecular formula is C23H18F6N2O3. The zero-order valence-corrected chi connectivity index (χ0v) is 17.2. The number of rotatable bonds is 7. The Morgan fingerprint density at radius 1 is 0.706 bits per heavy atom. The van der Waals surface area contributed by atoms with Gasteiger partial charge in [-0.1, -0.05) is 54.6 Å². The van der Waals surface area contributed by atoms with Crippen molar-refractivity contribution in [1.29, 1.82) is 0 Å². The molecule has 1 unspecified atom stereocenters. The highest BCUT2D eigenvalue weighted by molar-refractivity contribution is 5.72. The number of hydrogen-bond donors (Lipinski definition) is 2. The summed E-state index contributed by atoms with van der Waals surface area (Å²) >= 11 is 0. The maximum absolute atomic E-state index is 12.8. The number of ether oxygens (including phenoxy) is 2. The number of nitrogens with two attached hydrogens (primary N) is 1. The van der Waals surface area contributed by atoms with E-state index >= 15 is 0 Å². The molecule has 2 amide bonds. The number of halogens is 6. The maximum Gasteiger partial charge on any atom is 0.573 e. The fourth-order valence-corrected chi connectivity index (χ4v) is 3.56. The molecule has 0 bridgehead atoms. The Hall–Kier alpha value is -3.89. The Morgan fingerprint density at radius 2 is 1.15 bits per heavy atom. The Balaban J connectivity index is 2.17. The van der Waals surface area contributed by atoms with Gasteiger partial charge in [0.25, 0.3) is 0 Å². The Labute approximate surface area is 190 Å². The number of carbonyl (C=O) groups excluding carboxylic acids is 1. The number of alkyl halides is 6. The van der Waals surface area contributed by atoms with Crippen molar-refractivity contribution in [2.75, 3.05) is 0 Å². The van der Waals surface area contributed by atoms with Gasteiger partial charge in [0.1, 0.15) is 11.5 Å². The van der Waals surface area contributed by atoms with Gasteiger partial charge in [-0.3, -0.25) is 0 Å². The molecule has 0 heterocycles. The molecule has 3 rings (SSSR count). The van der Waals surface area contributed by atoms with Crippen LogP contribution in [-0.4, -0.2) is 18.8 Å². The van der Waals surface area contributed by atoms with E-state index in [-0.39, 0.29) is 11.1 Å². The smallest absolute Gasteiger partial charge is 0.406 e. The molecule has 3 aromatic carbocycles. The Morgan fingerprint density at radius 3 is 1.56 bits per heavy atom. The first kappa shape index (κ1) is 24.7. The van der Waals surface area contributed by atoms with Crippen LogP contribution >= 0.6 is 0 Å². The van der Waals surface area contributed by atoms with Crippen LogP contribution in [0.3, 0.4) is 0 Å². The minimum atomic E-state index is -4.96. The number of benzene rings is 3. The number of primary amides is 1. The van der Waals surface area contributed by atoms with E-state index in [1.54, 1.807) is 30.3 Å². The molecule has 1 atom stereocenters. The molecular weight excluding hydrogens is 466 g/mol. The second kappa shape index (κ2) is 9.94. The van der Waals surface area contributed by atoms with Gasteiger partial charge in [-0.25, -0.2) is 4.79 Å². The molecule has 3 N–H and O–H groups in total. The Kier molecular flexibility index (Phi) is 7.23. The highest BCUT2D eigenvalue weighted by Crippen LogP contribution is 2.40. The van der Waals surface area contributed by atoms with Crippen molar-refractivity contribution in [3.8, 4) is 11.5 Å². The molecule has 0 aliphatic heterocycles. The lowest BCUT2D eigenvalue weighted by Crippen LogP contribution is -2.36. The molecule has 0 saturated carbocycles. The van der Waals surface area contributed by atoms with Crippen LogP contribution in [0, 0.1) is 0 Å². The molecule has 0 radical (unpaired) electrons. The minimum Gasteiger partial charge on any atom is -0.406 e. The van der Waals surface area contributed by atoms with E-state index in [1.165, 1.54) is 24.3 Å². The summed E-state index contributed by atoms with van der Waals surface area (Å²) in [5, 5.41) is 2.54. The lowest BCUT2D eigenvalue weighted by atomic mass is 9.81. The van der Waals surface area contributed by atoms with Crippen LogP contribution < -0.4 is 20.5 Å². The van der Waals surface area contributed by atoms with Gasteiger partial charge in [0.15, 0.2) is 0 Å². The minimum absolute atomic E-state index is 0.216. The number of nitrogens with one attached hydrogen (secondary N) is 1. The number of hydrogen-bond acceptors (Lipinski definition) is 3. The number of amides is 2. The summed E-state index contributed by atoms with van der Waals surface area (Å²) in [5.41, 5.74) is 6.30. The van der Waals surface area contributed by atoms with Crippen molar-refractivity contribution in [3.05, 3.63) is 95.6 Å². The van der Waals surface area contributed by atoms with E-state index in [4.69, 9.17) is 5.73 Å². The molecule has 34 heavy (non-hydrogen) atoms. The molecule has 0 saturated heterocycles. The van der Waals surface area contributed by atoms with E-state index in [9.17, 15) is 31.1 Å². The molecule has 0 aliphatic carbocycles. The van der Waals surface area contributed by atoms with Crippen molar-refractivity contribution in [1.82, 2.24) is 5.32 Å². The van der Waals surface area contributed by atoms with Gasteiger partial charge >= 0.3 is 18.8 Å². The van der Waals surface area contributed by atoms with Gasteiger partial charge in [0.05, 0.1) is 6.04 Å². The van der Waals surface area contributed by atoms with Crippen LogP contribution in [0.2, 0.25) is 0 Å². The highest BCUT2D eigenvalue weighted by Gasteiger charge is 2.34. The molecule has 11 heteroatoms. The second-order valence-electron chi connectivity index (χ2n) is 7.12. The summed E-state index contributed by atoms with van der Waals surface area (Å²) in [6.45, 7) is 0. The third kappa shape index (κ3) is 7.06. The van der Waals surface area contributed by atoms with Crippen LogP contribution in [0.4, 0.5) is 31.1 Å². The Bertz CT molecular complexity index is 1060. The lowest BCUT2D eigenvalue weighted by Gasteiger charge is -2.29. The summed E-state index contributed by atoms with van der Waals surface area (Å²) in [6, 6.07) is 16.3. The van der Waals surface area contributed by atoms with Crippen molar-refractivity contribution >= 4 is 6.03 Å². The van der Waals surface area contributed by atoms with E-state index < -0.39 is 42.2 Å². The quantitative estimate of drug-likeness (QED) is 0.403. The van der Waals surface area contributed by atoms with E-state index in [0.29, 0.717) is 5.56 Å². The van der Waals surface area contributed by atoms with E-state index in [0.717, 1.165) is 24.3 Å². The SMILES string of the molecule is NC(=O)NC(c1ccccc1)C(c1cccc(OC(F)(F)F)c1)c1cccc(OC(F)(F)F)c1. The van der Waals surface area contributed by atoms with Crippen LogP contribution in [0.25, 0.3) is 0 Å². The van der Waals surface area contributed by atoms with Gasteiger partial charge in [-0.15, -0.1) is 26.3 Å². The summed E-state index contributed by atoms with van der Waals surface area (Å²) in [6.07, 6.45) is -9.92. The van der Waals surface area contributed by atoms with E-state index in [2.05, 4.69) is 14.8 Å². The van der Waals surface area contributed by atoms with Gasteiger partial charge < -0.3 is 20.5 Å². The third-order valence-corrected chi connectivity index (χ3v) is 4.69. The maximum atomic E-state index is 12.8. The van der Waals surface area contributed by atoms with Gasteiger partial charge in [0, 0.05) is 5.92 Å². The van der Waals surface area contributed by atoms with Gasteiger partial charge in [0.2, 0.25) is 0 Å². The van der Waals surface area contributed by atoms with Crippen LogP contribution in [0.15, 0.2) is 78.9 Å². The molecule has 5 nitrogen and oxygen atoms in total. The predicted molar refractivity (Wildman–Crippen MR) is 110 cm³/mol. The monoisotopic (exact) mass is 484 g/mol. The van der Waals surface area contributed by atoms with Crippen molar-refractivity contribution in [2.24, 2.45) is 5.73 Å². The average molecular weight is 484 g/mol. The predicted octanol–water partition coefficient (Wildman–Crippen LogP) is 6.03. The summed E-state index contributed by atoms with van der Waals surface area (Å²) in [7, 11) is 0. The number of carbonyl (C=O) groups is 1. The third-order valence-electron chi connectivity index (χ3n) is 4.69. The van der Waals surface area contributed by atoms with E-state index in [1.807, 2.05) is 0 Å². The first-order valence-electron chi connectivity index (χ1n) is 9.73. The average Bonchev–Trinajstić information content (AvgIpc) is 2.72. The van der Waals surface area contributed by atoms with Gasteiger partial charge in [-0.2, -0.15) is 0 Å². The summed E-state index contributed by atoms with van der Waals surface area (Å²) in [4.78, 5) is 11.8. The van der Waals surface area contributed by atoms with Crippen LogP contribution in [0.1, 0.15) is 28.7 Å². The second-order valence-corrected chi connectivity index (χ2v) is 7.12. The summed E-state index contributed by atoms with van der Waals surface area (Å²) < 4.78 is 84.7. The van der Waals surface area contributed by atoms with Crippen molar-refractivity contribution in [3.63, 3.8) is 0 Å². The van der Waals surface area contributed by atoms with Gasteiger partial charge in [-0.05, 0) is 41.0 Å². The van der Waals surface area contributed by atoms with Crippen LogP contribution in [-0.2, 0) is 0 Å². The molecule has 0 aromatic heterocycles. The fraction of sp³-hybridized carbons (Fsp3) is 0.174. The standard InChI is InChI=1S/C23H18F6N2O3/c24-22(25,26)33-17-10-4-8-15(12-17)19(16-9-5-11-18(13-16)34-23(27,28)29)20(31-21(30)32)14-6-2-1-3-7-14/h1-13,19-20H,(H3,30,31,32). The zero-order valence-electron chi connectivity index (χ0n) is 17.2. The molecule has 180 valence electrons. The lowest BCUT2D eigenvalue weighted by molar-refractivity contribution is -0.275. The number of urea groups is 1. The first-order valence-corrected chi connectivity index (χ1v) is 9.73. The molecule has 3 aromatic rings. The molecule has 0 fully saturated rings. The van der Waals surface area contributed by atoms with Crippen molar-refractivity contribution in [2.45, 2.75) is 24.7 Å². The van der Waals surface area contributed by atoms with Crippen LogP contribution in [0.5, 0.6) is 11.5 Å². The highest BCUT2D eigenvalue weighted by atomic mass is 19.4. The molecule has 0 aliphatic rings. The first-order chi connectivity index (χ1) is 15.9. The molecule has 0 spiro atoms. The normalized spacial score (nSPS) is 12.8. The fourth-order valence-electron chi connectivity index (χ4n) is 3.56.